The van der Waals surface area contributed by atoms with Crippen LogP contribution >= 0.6 is 11.6 Å². The highest BCUT2D eigenvalue weighted by Crippen LogP contribution is 2.36. The maximum atomic E-state index is 6.06. The standard InChI is InChI=1S/C26H25ClN2O2/c1-2-30-21-10-11-24-23(15-21)22-12-13-28-25(26(22)29-24)18-4-3-5-20(14-18)31-16-17-6-8-19(27)9-7-17/h3-11,14-15,25,28-29H,2,12-13,16H2,1H3. The van der Waals surface area contributed by atoms with Crippen LogP contribution in [0.4, 0.5) is 0 Å². The van der Waals surface area contributed by atoms with Gasteiger partial charge in [0.1, 0.15) is 18.1 Å². The van der Waals surface area contributed by atoms with Crippen LogP contribution in [-0.4, -0.2) is 18.1 Å². The van der Waals surface area contributed by atoms with Crippen LogP contribution in [0.2, 0.25) is 5.02 Å². The fourth-order valence-electron chi connectivity index (χ4n) is 4.28. The maximum absolute atomic E-state index is 6.06. The molecule has 1 aliphatic rings. The molecule has 1 aliphatic heterocycles. The van der Waals surface area contributed by atoms with Crippen LogP contribution in [0.1, 0.15) is 35.3 Å². The van der Waals surface area contributed by atoms with E-state index in [0.29, 0.717) is 13.2 Å². The molecule has 1 atom stereocenters. The van der Waals surface area contributed by atoms with Gasteiger partial charge in [0, 0.05) is 28.2 Å². The van der Waals surface area contributed by atoms with Crippen LogP contribution in [0.25, 0.3) is 10.9 Å². The van der Waals surface area contributed by atoms with Crippen molar-refractivity contribution in [2.75, 3.05) is 13.2 Å². The smallest absolute Gasteiger partial charge is 0.120 e. The summed E-state index contributed by atoms with van der Waals surface area (Å²) in [7, 11) is 0. The molecule has 3 aromatic carbocycles. The van der Waals surface area contributed by atoms with Crippen LogP contribution in [0, 0.1) is 0 Å². The second kappa shape index (κ2) is 8.66. The van der Waals surface area contributed by atoms with Gasteiger partial charge in [-0.3, -0.25) is 0 Å². The maximum Gasteiger partial charge on any atom is 0.120 e. The van der Waals surface area contributed by atoms with E-state index < -0.39 is 0 Å². The van der Waals surface area contributed by atoms with Crippen molar-refractivity contribution in [2.24, 2.45) is 0 Å². The number of halogens is 1. The van der Waals surface area contributed by atoms with Gasteiger partial charge in [0.25, 0.3) is 0 Å². The first kappa shape index (κ1) is 20.0. The SMILES string of the molecule is CCOc1ccc2[nH]c3c(c2c1)CCNC3c1cccc(OCc2ccc(Cl)cc2)c1. The molecule has 158 valence electrons. The van der Waals surface area contributed by atoms with Gasteiger partial charge in [-0.1, -0.05) is 35.9 Å². The van der Waals surface area contributed by atoms with Crippen LogP contribution in [-0.2, 0) is 13.0 Å². The van der Waals surface area contributed by atoms with Crippen molar-refractivity contribution in [2.45, 2.75) is 26.0 Å². The van der Waals surface area contributed by atoms with E-state index in [4.69, 9.17) is 21.1 Å². The first-order valence-corrected chi connectivity index (χ1v) is 11.1. The first-order chi connectivity index (χ1) is 15.2. The number of rotatable bonds is 6. The Kier molecular flexibility index (Phi) is 5.58. The van der Waals surface area contributed by atoms with E-state index in [1.807, 2.05) is 43.3 Å². The van der Waals surface area contributed by atoms with Gasteiger partial charge >= 0.3 is 0 Å². The molecule has 0 saturated carbocycles. The minimum atomic E-state index is 0.103. The largest absolute Gasteiger partial charge is 0.494 e. The third-order valence-electron chi connectivity index (χ3n) is 5.74. The average Bonchev–Trinajstić information content (AvgIpc) is 3.17. The van der Waals surface area contributed by atoms with Gasteiger partial charge in [-0.15, -0.1) is 0 Å². The molecule has 4 nitrogen and oxygen atoms in total. The van der Waals surface area contributed by atoms with Crippen molar-refractivity contribution in [3.05, 3.63) is 94.1 Å². The number of ether oxygens (including phenoxy) is 2. The van der Waals surface area contributed by atoms with Gasteiger partial charge in [0.15, 0.2) is 0 Å². The minimum Gasteiger partial charge on any atom is -0.494 e. The molecule has 5 rings (SSSR count). The van der Waals surface area contributed by atoms with E-state index in [-0.39, 0.29) is 6.04 Å². The summed E-state index contributed by atoms with van der Waals surface area (Å²) in [5.74, 6) is 1.78. The monoisotopic (exact) mass is 432 g/mol. The summed E-state index contributed by atoms with van der Waals surface area (Å²) >= 11 is 5.97. The highest BCUT2D eigenvalue weighted by atomic mass is 35.5. The molecule has 2 heterocycles. The van der Waals surface area contributed by atoms with E-state index in [9.17, 15) is 0 Å². The number of aromatic nitrogens is 1. The number of H-pyrrole nitrogens is 1. The molecular formula is C26H25ClN2O2. The summed E-state index contributed by atoms with van der Waals surface area (Å²) in [5, 5.41) is 5.65. The van der Waals surface area contributed by atoms with Gasteiger partial charge in [0.2, 0.25) is 0 Å². The van der Waals surface area contributed by atoms with E-state index in [1.54, 1.807) is 0 Å². The molecule has 0 fully saturated rings. The Morgan fingerprint density at radius 2 is 1.81 bits per heavy atom. The van der Waals surface area contributed by atoms with Crippen LogP contribution in [0.15, 0.2) is 66.7 Å². The zero-order chi connectivity index (χ0) is 21.2. The molecule has 1 unspecified atom stereocenters. The highest BCUT2D eigenvalue weighted by molar-refractivity contribution is 6.30. The predicted octanol–water partition coefficient (Wildman–Crippen LogP) is 6.03. The van der Waals surface area contributed by atoms with Crippen molar-refractivity contribution < 1.29 is 9.47 Å². The summed E-state index contributed by atoms with van der Waals surface area (Å²) in [6.07, 6.45) is 0.994. The lowest BCUT2D eigenvalue weighted by Gasteiger charge is -2.25. The number of aromatic amines is 1. The van der Waals surface area contributed by atoms with Crippen LogP contribution in [0.3, 0.4) is 0 Å². The number of benzene rings is 3. The van der Waals surface area contributed by atoms with E-state index >= 15 is 0 Å². The number of nitrogens with one attached hydrogen (secondary N) is 2. The molecule has 0 radical (unpaired) electrons. The zero-order valence-corrected chi connectivity index (χ0v) is 18.2. The van der Waals surface area contributed by atoms with Gasteiger partial charge in [0.05, 0.1) is 12.6 Å². The van der Waals surface area contributed by atoms with Crippen molar-refractivity contribution >= 4 is 22.5 Å². The lowest BCUT2D eigenvalue weighted by molar-refractivity contribution is 0.305. The average molecular weight is 433 g/mol. The summed E-state index contributed by atoms with van der Waals surface area (Å²) in [4.78, 5) is 3.65. The van der Waals surface area contributed by atoms with Crippen LogP contribution < -0.4 is 14.8 Å². The van der Waals surface area contributed by atoms with Gasteiger partial charge < -0.3 is 19.8 Å². The second-order valence-corrected chi connectivity index (χ2v) is 8.22. The van der Waals surface area contributed by atoms with Gasteiger partial charge in [-0.05, 0) is 72.5 Å². The molecule has 0 amide bonds. The van der Waals surface area contributed by atoms with Crippen LogP contribution in [0.5, 0.6) is 11.5 Å². The Morgan fingerprint density at radius 1 is 0.968 bits per heavy atom. The van der Waals surface area contributed by atoms with Crippen molar-refractivity contribution in [3.8, 4) is 11.5 Å². The van der Waals surface area contributed by atoms with E-state index in [0.717, 1.165) is 40.6 Å². The van der Waals surface area contributed by atoms with Crippen molar-refractivity contribution in [1.29, 1.82) is 0 Å². The molecule has 5 heteroatoms. The summed E-state index contributed by atoms with van der Waals surface area (Å²) < 4.78 is 11.8. The van der Waals surface area contributed by atoms with E-state index in [1.165, 1.54) is 22.2 Å². The lowest BCUT2D eigenvalue weighted by atomic mass is 9.94. The third-order valence-corrected chi connectivity index (χ3v) is 6.00. The highest BCUT2D eigenvalue weighted by Gasteiger charge is 2.25. The van der Waals surface area contributed by atoms with E-state index in [2.05, 4.69) is 40.6 Å². The normalized spacial score (nSPS) is 15.6. The molecule has 0 bridgehead atoms. The zero-order valence-electron chi connectivity index (χ0n) is 17.5. The molecule has 0 spiro atoms. The minimum absolute atomic E-state index is 0.103. The quantitative estimate of drug-likeness (QED) is 0.390. The fourth-order valence-corrected chi connectivity index (χ4v) is 4.41. The van der Waals surface area contributed by atoms with Gasteiger partial charge in [-0.25, -0.2) is 0 Å². The van der Waals surface area contributed by atoms with Gasteiger partial charge in [-0.2, -0.15) is 0 Å². The summed E-state index contributed by atoms with van der Waals surface area (Å²) in [5.41, 5.74) is 6.02. The Morgan fingerprint density at radius 3 is 2.65 bits per heavy atom. The Bertz CT molecular complexity index is 1200. The third kappa shape index (κ3) is 4.14. The number of hydrogen-bond donors (Lipinski definition) is 2. The number of hydrogen-bond acceptors (Lipinski definition) is 3. The van der Waals surface area contributed by atoms with Crippen molar-refractivity contribution in [3.63, 3.8) is 0 Å². The topological polar surface area (TPSA) is 46.3 Å². The van der Waals surface area contributed by atoms with Crippen molar-refractivity contribution in [1.82, 2.24) is 10.3 Å². The molecule has 31 heavy (non-hydrogen) atoms. The Balaban J connectivity index is 1.41. The molecule has 4 aromatic rings. The Labute approximate surface area is 187 Å². The molecule has 1 aromatic heterocycles. The molecular weight excluding hydrogens is 408 g/mol. The molecule has 2 N–H and O–H groups in total. The fraction of sp³-hybridized carbons (Fsp3) is 0.231. The molecule has 0 saturated heterocycles. The predicted molar refractivity (Wildman–Crippen MR) is 125 cm³/mol. The number of fused-ring (bicyclic) bond motifs is 3. The lowest BCUT2D eigenvalue weighted by Crippen LogP contribution is -2.30. The summed E-state index contributed by atoms with van der Waals surface area (Å²) in [6, 6.07) is 22.5. The molecule has 0 aliphatic carbocycles. The Hall–Kier alpha value is -2.95. The summed E-state index contributed by atoms with van der Waals surface area (Å²) in [6.45, 7) is 4.12. The second-order valence-electron chi connectivity index (χ2n) is 7.78. The first-order valence-electron chi connectivity index (χ1n) is 10.7.